The largest absolute Gasteiger partial charge is 0.444 e. The molecule has 192 valence electrons. The van der Waals surface area contributed by atoms with Crippen molar-refractivity contribution in [3.8, 4) is 0 Å². The molecule has 0 aromatic heterocycles. The third-order valence-electron chi connectivity index (χ3n) is 6.53. The van der Waals surface area contributed by atoms with Gasteiger partial charge in [0.25, 0.3) is 5.91 Å². The van der Waals surface area contributed by atoms with Gasteiger partial charge in [-0.15, -0.1) is 0 Å². The molecule has 3 fully saturated rings. The van der Waals surface area contributed by atoms with Crippen LogP contribution in [-0.2, 0) is 20.5 Å². The number of hydrogen-bond acceptors (Lipinski definition) is 4. The Kier molecular flexibility index (Phi) is 6.48. The number of likely N-dealkylation sites (tertiary alicyclic amines) is 1. The van der Waals surface area contributed by atoms with Gasteiger partial charge >= 0.3 is 12.3 Å². The predicted molar refractivity (Wildman–Crippen MR) is 117 cm³/mol. The van der Waals surface area contributed by atoms with Crippen LogP contribution in [-0.4, -0.2) is 52.7 Å². The SMILES string of the molecule is CC(C)(C)OC(=O)N[C@@H](C(=O)N1[C@@H]2C[C@H](C[C@H]2F)[C@H]1C(=O)NC1CC1)c1ccccc1C(F)(F)F. The summed E-state index contributed by atoms with van der Waals surface area (Å²) in [4.78, 5) is 40.4. The molecule has 2 bridgehead atoms. The highest BCUT2D eigenvalue weighted by molar-refractivity contribution is 5.93. The lowest BCUT2D eigenvalue weighted by atomic mass is 9.94. The third-order valence-corrected chi connectivity index (χ3v) is 6.53. The third kappa shape index (κ3) is 5.38. The number of ether oxygens (including phenoxy) is 1. The molecule has 5 atom stereocenters. The van der Waals surface area contributed by atoms with E-state index in [0.29, 0.717) is 0 Å². The van der Waals surface area contributed by atoms with Crippen molar-refractivity contribution in [2.24, 2.45) is 5.92 Å². The highest BCUT2D eigenvalue weighted by Gasteiger charge is 2.58. The molecule has 3 amide bonds. The van der Waals surface area contributed by atoms with E-state index in [0.717, 1.165) is 29.9 Å². The van der Waals surface area contributed by atoms with E-state index < -0.39 is 71.0 Å². The van der Waals surface area contributed by atoms with Crippen LogP contribution >= 0.6 is 0 Å². The Morgan fingerprint density at radius 3 is 2.34 bits per heavy atom. The quantitative estimate of drug-likeness (QED) is 0.602. The van der Waals surface area contributed by atoms with E-state index in [1.54, 1.807) is 20.8 Å². The minimum atomic E-state index is -4.82. The Morgan fingerprint density at radius 1 is 1.09 bits per heavy atom. The van der Waals surface area contributed by atoms with Gasteiger partial charge in [-0.3, -0.25) is 9.59 Å². The first-order valence-electron chi connectivity index (χ1n) is 11.7. The van der Waals surface area contributed by atoms with Crippen LogP contribution in [0.3, 0.4) is 0 Å². The molecule has 0 spiro atoms. The summed E-state index contributed by atoms with van der Waals surface area (Å²) < 4.78 is 61.4. The number of halogens is 4. The van der Waals surface area contributed by atoms with Crippen molar-refractivity contribution in [3.05, 3.63) is 35.4 Å². The number of fused-ring (bicyclic) bond motifs is 2. The number of benzene rings is 1. The summed E-state index contributed by atoms with van der Waals surface area (Å²) in [7, 11) is 0. The van der Waals surface area contributed by atoms with Crippen LogP contribution in [0.5, 0.6) is 0 Å². The fourth-order valence-corrected chi connectivity index (χ4v) is 4.99. The van der Waals surface area contributed by atoms with Crippen LogP contribution in [0, 0.1) is 5.92 Å². The number of piperidine rings is 1. The van der Waals surface area contributed by atoms with Crippen molar-refractivity contribution in [2.45, 2.75) is 88.6 Å². The van der Waals surface area contributed by atoms with Crippen LogP contribution in [0.15, 0.2) is 24.3 Å². The molecule has 0 radical (unpaired) electrons. The van der Waals surface area contributed by atoms with Crippen molar-refractivity contribution in [1.29, 1.82) is 0 Å². The van der Waals surface area contributed by atoms with Gasteiger partial charge in [-0.1, -0.05) is 18.2 Å². The van der Waals surface area contributed by atoms with Gasteiger partial charge in [0.2, 0.25) is 5.91 Å². The second kappa shape index (κ2) is 8.98. The van der Waals surface area contributed by atoms with Gasteiger partial charge in [-0.25, -0.2) is 9.18 Å². The first-order chi connectivity index (χ1) is 16.3. The number of carbonyl (C=O) groups is 3. The lowest BCUT2D eigenvalue weighted by Crippen LogP contribution is -2.58. The maximum atomic E-state index is 14.7. The zero-order chi connectivity index (χ0) is 25.7. The summed E-state index contributed by atoms with van der Waals surface area (Å²) in [5.41, 5.74) is -2.60. The Morgan fingerprint density at radius 2 is 1.74 bits per heavy atom. The number of carbonyl (C=O) groups excluding carboxylic acids is 3. The van der Waals surface area contributed by atoms with Crippen molar-refractivity contribution in [3.63, 3.8) is 0 Å². The molecule has 4 rings (SSSR count). The molecule has 11 heteroatoms. The zero-order valence-corrected chi connectivity index (χ0v) is 19.7. The standard InChI is InChI=1S/C24H29F4N3O4/c1-23(2,3)35-22(34)30-18(14-6-4-5-7-15(14)24(26,27)28)21(33)31-17-11-12(10-16(17)25)19(31)20(32)29-13-8-9-13/h4-7,12-13,16-19H,8-11H2,1-3H3,(H,29,32)(H,30,34)/t12-,16+,17+,18+,19-/m0/s1. The van der Waals surface area contributed by atoms with Crippen LogP contribution in [0.2, 0.25) is 0 Å². The van der Waals surface area contributed by atoms with Crippen molar-refractivity contribution in [2.75, 3.05) is 0 Å². The smallest absolute Gasteiger partial charge is 0.416 e. The Balaban J connectivity index is 1.71. The normalized spacial score (nSPS) is 26.9. The number of hydrogen-bond donors (Lipinski definition) is 2. The van der Waals surface area contributed by atoms with Gasteiger partial charge in [0.15, 0.2) is 0 Å². The van der Waals surface area contributed by atoms with Crippen LogP contribution < -0.4 is 10.6 Å². The molecule has 0 unspecified atom stereocenters. The molecule has 7 nitrogen and oxygen atoms in total. The highest BCUT2D eigenvalue weighted by atomic mass is 19.4. The van der Waals surface area contributed by atoms with Gasteiger partial charge in [-0.05, 0) is 64.0 Å². The van der Waals surface area contributed by atoms with E-state index in [1.165, 1.54) is 12.1 Å². The van der Waals surface area contributed by atoms with Gasteiger partial charge in [0.1, 0.15) is 23.9 Å². The molecule has 2 N–H and O–H groups in total. The Bertz CT molecular complexity index is 1010. The van der Waals surface area contributed by atoms with E-state index in [1.807, 2.05) is 0 Å². The summed E-state index contributed by atoms with van der Waals surface area (Å²) in [5.74, 6) is -1.86. The van der Waals surface area contributed by atoms with Crippen LogP contribution in [0.25, 0.3) is 0 Å². The van der Waals surface area contributed by atoms with E-state index in [4.69, 9.17) is 4.74 Å². The molecular weight excluding hydrogens is 470 g/mol. The van der Waals surface area contributed by atoms with Gasteiger partial charge in [0.05, 0.1) is 11.6 Å². The lowest BCUT2D eigenvalue weighted by Gasteiger charge is -2.38. The number of amides is 3. The number of alkyl carbamates (subject to hydrolysis) is 1. The summed E-state index contributed by atoms with van der Waals surface area (Å²) >= 11 is 0. The zero-order valence-electron chi connectivity index (χ0n) is 19.7. The van der Waals surface area contributed by atoms with Gasteiger partial charge < -0.3 is 20.3 Å². The van der Waals surface area contributed by atoms with Crippen LogP contribution in [0.1, 0.15) is 63.6 Å². The number of nitrogens with zero attached hydrogens (tertiary/aromatic N) is 1. The van der Waals surface area contributed by atoms with E-state index in [-0.39, 0.29) is 18.9 Å². The minimum Gasteiger partial charge on any atom is -0.444 e. The molecule has 1 aromatic rings. The second-order valence-electron chi connectivity index (χ2n) is 10.5. The summed E-state index contributed by atoms with van der Waals surface area (Å²) in [6.07, 6.45) is -5.40. The first-order valence-corrected chi connectivity index (χ1v) is 11.7. The highest BCUT2D eigenvalue weighted by Crippen LogP contribution is 2.46. The molecular formula is C24H29F4N3O4. The Hall–Kier alpha value is -2.85. The van der Waals surface area contributed by atoms with E-state index in [2.05, 4.69) is 10.6 Å². The van der Waals surface area contributed by atoms with Crippen molar-refractivity contribution in [1.82, 2.24) is 15.5 Å². The average Bonchev–Trinajstić information content (AvgIpc) is 3.36. The predicted octanol–water partition coefficient (Wildman–Crippen LogP) is 3.88. The molecule has 1 aliphatic heterocycles. The van der Waals surface area contributed by atoms with Gasteiger partial charge in [0, 0.05) is 6.04 Å². The number of nitrogens with one attached hydrogen (secondary N) is 2. The Labute approximate surface area is 200 Å². The fourth-order valence-electron chi connectivity index (χ4n) is 4.99. The lowest BCUT2D eigenvalue weighted by molar-refractivity contribution is -0.147. The first kappa shape index (κ1) is 25.2. The average molecular weight is 500 g/mol. The molecule has 1 saturated heterocycles. The maximum Gasteiger partial charge on any atom is 0.416 e. The summed E-state index contributed by atoms with van der Waals surface area (Å²) in [6.45, 7) is 4.70. The minimum absolute atomic E-state index is 0.0126. The number of alkyl halides is 4. The number of rotatable bonds is 5. The molecule has 1 heterocycles. The molecule has 3 aliphatic rings. The molecule has 2 saturated carbocycles. The monoisotopic (exact) mass is 499 g/mol. The van der Waals surface area contributed by atoms with E-state index in [9.17, 15) is 31.9 Å². The van der Waals surface area contributed by atoms with Crippen LogP contribution in [0.4, 0.5) is 22.4 Å². The second-order valence-corrected chi connectivity index (χ2v) is 10.5. The van der Waals surface area contributed by atoms with Crippen molar-refractivity contribution < 1.29 is 36.7 Å². The molecule has 35 heavy (non-hydrogen) atoms. The topological polar surface area (TPSA) is 87.7 Å². The molecule has 1 aromatic carbocycles. The van der Waals surface area contributed by atoms with E-state index >= 15 is 0 Å². The van der Waals surface area contributed by atoms with Gasteiger partial charge in [-0.2, -0.15) is 13.2 Å². The van der Waals surface area contributed by atoms with Crippen molar-refractivity contribution >= 4 is 17.9 Å². The summed E-state index contributed by atoms with van der Waals surface area (Å²) in [5, 5.41) is 5.08. The molecule has 2 aliphatic carbocycles. The summed E-state index contributed by atoms with van der Waals surface area (Å²) in [6, 6.07) is 0.563. The maximum absolute atomic E-state index is 14.7. The fraction of sp³-hybridized carbons (Fsp3) is 0.625.